The van der Waals surface area contributed by atoms with Crippen LogP contribution >= 0.6 is 11.3 Å². The normalized spacial score (nSPS) is 14.7. The summed E-state index contributed by atoms with van der Waals surface area (Å²) in [6.45, 7) is 1.97. The summed E-state index contributed by atoms with van der Waals surface area (Å²) in [6, 6.07) is 4.81. The monoisotopic (exact) mass is 372 g/mol. The van der Waals surface area contributed by atoms with Gasteiger partial charge in [-0.2, -0.15) is 0 Å². The molecule has 0 saturated carbocycles. The molecule has 136 valence electrons. The second-order valence-corrected chi connectivity index (χ2v) is 7.14. The first kappa shape index (κ1) is 17.9. The molecule has 1 aromatic heterocycles. The van der Waals surface area contributed by atoms with Crippen LogP contribution in [0, 0.1) is 0 Å². The molecule has 1 atom stereocenters. The first-order valence-corrected chi connectivity index (χ1v) is 8.99. The van der Waals surface area contributed by atoms with E-state index in [-0.39, 0.29) is 29.0 Å². The van der Waals surface area contributed by atoms with Gasteiger partial charge in [0, 0.05) is 31.4 Å². The van der Waals surface area contributed by atoms with Crippen molar-refractivity contribution in [2.24, 2.45) is 0 Å². The van der Waals surface area contributed by atoms with Crippen LogP contribution in [0.15, 0.2) is 41.2 Å². The van der Waals surface area contributed by atoms with Crippen LogP contribution in [0.3, 0.4) is 0 Å². The smallest absolute Gasteiger partial charge is 0.257 e. The summed E-state index contributed by atoms with van der Waals surface area (Å²) in [5, 5.41) is 19.5. The van der Waals surface area contributed by atoms with Gasteiger partial charge in [-0.15, -0.1) is 11.3 Å². The van der Waals surface area contributed by atoms with Crippen molar-refractivity contribution in [2.45, 2.75) is 19.4 Å². The number of phenolic OH excluding ortho intramolecular Hbond substituents is 1. The quantitative estimate of drug-likeness (QED) is 0.675. The van der Waals surface area contributed by atoms with Crippen molar-refractivity contribution >= 4 is 28.7 Å². The molecule has 3 rings (SSSR count). The molecule has 7 nitrogen and oxygen atoms in total. The third-order valence-electron chi connectivity index (χ3n) is 4.06. The summed E-state index contributed by atoms with van der Waals surface area (Å²) in [4.78, 5) is 29.8. The number of benzene rings is 1. The summed E-state index contributed by atoms with van der Waals surface area (Å²) in [5.74, 6) is -0.538. The van der Waals surface area contributed by atoms with E-state index < -0.39 is 0 Å². The lowest BCUT2D eigenvalue weighted by atomic mass is 9.97. The third kappa shape index (κ3) is 3.41. The maximum Gasteiger partial charge on any atom is 0.257 e. The zero-order valence-electron chi connectivity index (χ0n) is 14.7. The second kappa shape index (κ2) is 7.17. The lowest BCUT2D eigenvalue weighted by Gasteiger charge is -2.27. The lowest BCUT2D eigenvalue weighted by molar-refractivity contribution is -0.116. The fourth-order valence-electron chi connectivity index (χ4n) is 2.63. The average Bonchev–Trinajstić information content (AvgIpc) is 3.14. The van der Waals surface area contributed by atoms with Crippen molar-refractivity contribution in [3.8, 4) is 5.75 Å². The van der Waals surface area contributed by atoms with Crippen LogP contribution in [0.5, 0.6) is 5.75 Å². The number of nitrogens with one attached hydrogen (secondary N) is 2. The Kier molecular flexibility index (Phi) is 4.94. The molecule has 1 heterocycles. The topological polar surface area (TPSA) is 94.6 Å². The predicted octanol–water partition coefficient (Wildman–Crippen LogP) is 2.50. The number of hydrogen-bond donors (Lipinski definition) is 3. The highest BCUT2D eigenvalue weighted by Gasteiger charge is 2.30. The minimum absolute atomic E-state index is 0.0230. The van der Waals surface area contributed by atoms with Crippen molar-refractivity contribution < 1.29 is 14.7 Å². The van der Waals surface area contributed by atoms with Gasteiger partial charge in [0.1, 0.15) is 10.7 Å². The average molecular weight is 372 g/mol. The number of phenols is 1. The largest absolute Gasteiger partial charge is 0.505 e. The summed E-state index contributed by atoms with van der Waals surface area (Å²) < 4.78 is 0. The number of allylic oxidation sites excluding steroid dienone is 2. The number of aromatic hydroxyl groups is 1. The molecule has 2 aromatic rings. The molecule has 1 unspecified atom stereocenters. The second-order valence-electron chi connectivity index (χ2n) is 6.22. The highest BCUT2D eigenvalue weighted by atomic mass is 32.1. The number of carbonyl (C=O) groups excluding carboxylic acids is 2. The van der Waals surface area contributed by atoms with Crippen LogP contribution < -0.4 is 10.6 Å². The van der Waals surface area contributed by atoms with E-state index >= 15 is 0 Å². The Hall–Kier alpha value is -2.87. The molecule has 0 radical (unpaired) electrons. The number of anilines is 1. The Balaban J connectivity index is 1.82. The Morgan fingerprint density at radius 1 is 1.38 bits per heavy atom. The van der Waals surface area contributed by atoms with E-state index in [2.05, 4.69) is 15.6 Å². The molecule has 3 N–H and O–H groups in total. The van der Waals surface area contributed by atoms with E-state index in [9.17, 15) is 14.7 Å². The van der Waals surface area contributed by atoms with Crippen LogP contribution in [-0.4, -0.2) is 40.8 Å². The molecule has 8 heteroatoms. The van der Waals surface area contributed by atoms with Gasteiger partial charge in [0.2, 0.25) is 0 Å². The zero-order valence-corrected chi connectivity index (χ0v) is 15.6. The summed E-state index contributed by atoms with van der Waals surface area (Å²) >= 11 is 1.54. The summed E-state index contributed by atoms with van der Waals surface area (Å²) in [5.41, 5.74) is 1.67. The number of para-hydroxylation sites is 1. The number of carbonyl (C=O) groups is 2. The standard InChI is InChI=1S/C18H20N4O3S/c1-10(17-19-7-8-26-17)20-13-9-14(23)15(13)21-12-6-4-5-11(16(12)24)18(25)22(2)3/h4-8,10,20-21,24H,9H2,1-3H3. The first-order valence-electron chi connectivity index (χ1n) is 8.11. The zero-order chi connectivity index (χ0) is 18.8. The molecule has 1 aliphatic rings. The molecule has 1 aliphatic carbocycles. The van der Waals surface area contributed by atoms with Gasteiger partial charge in [0.15, 0.2) is 11.5 Å². The Morgan fingerprint density at radius 3 is 2.77 bits per heavy atom. The molecule has 0 fully saturated rings. The fraction of sp³-hybridized carbons (Fsp3) is 0.278. The summed E-state index contributed by atoms with van der Waals surface area (Å²) in [6.07, 6.45) is 2.04. The van der Waals surface area contributed by atoms with Crippen LogP contribution in [0.25, 0.3) is 0 Å². The number of thiazole rings is 1. The number of amides is 1. The van der Waals surface area contributed by atoms with Crippen molar-refractivity contribution in [3.05, 3.63) is 51.7 Å². The minimum atomic E-state index is -0.309. The molecule has 26 heavy (non-hydrogen) atoms. The fourth-order valence-corrected chi connectivity index (χ4v) is 3.28. The van der Waals surface area contributed by atoms with Crippen LogP contribution in [0.4, 0.5) is 5.69 Å². The van der Waals surface area contributed by atoms with Gasteiger partial charge in [0.25, 0.3) is 5.91 Å². The van der Waals surface area contributed by atoms with Gasteiger partial charge < -0.3 is 20.6 Å². The molecule has 1 aromatic carbocycles. The van der Waals surface area contributed by atoms with Gasteiger partial charge in [-0.3, -0.25) is 9.59 Å². The molecular formula is C18H20N4O3S. The highest BCUT2D eigenvalue weighted by molar-refractivity contribution is 7.09. The van der Waals surface area contributed by atoms with Crippen molar-refractivity contribution in [1.29, 1.82) is 0 Å². The molecule has 0 spiro atoms. The number of ketones is 1. The molecule has 1 amide bonds. The molecule has 0 bridgehead atoms. The van der Waals surface area contributed by atoms with Gasteiger partial charge >= 0.3 is 0 Å². The Morgan fingerprint density at radius 2 is 2.15 bits per heavy atom. The van der Waals surface area contributed by atoms with Gasteiger partial charge in [0.05, 0.1) is 23.7 Å². The third-order valence-corrected chi connectivity index (χ3v) is 5.02. The number of rotatable bonds is 6. The van der Waals surface area contributed by atoms with Crippen molar-refractivity contribution in [3.63, 3.8) is 0 Å². The Bertz CT molecular complexity index is 875. The van der Waals surface area contributed by atoms with E-state index in [0.717, 1.165) is 10.7 Å². The summed E-state index contributed by atoms with van der Waals surface area (Å²) in [7, 11) is 3.23. The first-order chi connectivity index (χ1) is 12.4. The predicted molar refractivity (Wildman–Crippen MR) is 100 cm³/mol. The SMILES string of the molecule is CC(NC1=C(Nc2cccc(C(=O)N(C)C)c2O)C(=O)C1)c1nccs1. The number of Topliss-reactive ketones (excluding diaryl/α,β-unsaturated/α-hetero) is 1. The van der Waals surface area contributed by atoms with E-state index in [1.54, 1.807) is 49.8 Å². The maximum absolute atomic E-state index is 12.1. The number of nitrogens with zero attached hydrogens (tertiary/aromatic N) is 2. The van der Waals surface area contributed by atoms with E-state index in [4.69, 9.17) is 0 Å². The van der Waals surface area contributed by atoms with Crippen molar-refractivity contribution in [2.75, 3.05) is 19.4 Å². The number of aromatic nitrogens is 1. The van der Waals surface area contributed by atoms with Gasteiger partial charge in [-0.05, 0) is 19.1 Å². The van der Waals surface area contributed by atoms with Crippen LogP contribution in [-0.2, 0) is 4.79 Å². The highest BCUT2D eigenvalue weighted by Crippen LogP contribution is 2.33. The van der Waals surface area contributed by atoms with Gasteiger partial charge in [-0.1, -0.05) is 6.07 Å². The minimum Gasteiger partial charge on any atom is -0.505 e. The van der Waals surface area contributed by atoms with Crippen LogP contribution in [0.1, 0.15) is 34.8 Å². The molecule has 0 aliphatic heterocycles. The van der Waals surface area contributed by atoms with Crippen LogP contribution in [0.2, 0.25) is 0 Å². The van der Waals surface area contributed by atoms with Gasteiger partial charge in [-0.25, -0.2) is 4.98 Å². The van der Waals surface area contributed by atoms with E-state index in [1.807, 2.05) is 12.3 Å². The molecular weight excluding hydrogens is 352 g/mol. The number of hydrogen-bond acceptors (Lipinski definition) is 7. The Labute approximate surface area is 155 Å². The molecule has 0 saturated heterocycles. The van der Waals surface area contributed by atoms with E-state index in [1.165, 1.54) is 4.90 Å². The van der Waals surface area contributed by atoms with E-state index in [0.29, 0.717) is 17.8 Å². The maximum atomic E-state index is 12.1. The lowest BCUT2D eigenvalue weighted by Crippen LogP contribution is -2.33. The van der Waals surface area contributed by atoms with Crippen molar-refractivity contribution in [1.82, 2.24) is 15.2 Å².